The number of para-hydroxylation sites is 1. The molecule has 0 aliphatic carbocycles. The molecule has 0 aliphatic heterocycles. The number of nitrogens with one attached hydrogen (secondary N) is 1. The highest BCUT2D eigenvalue weighted by Gasteiger charge is 2.08. The zero-order valence-electron chi connectivity index (χ0n) is 8.43. The topological polar surface area (TPSA) is 31.9 Å². The fraction of sp³-hybridized carbons (Fsp3) is 0.0833. The van der Waals surface area contributed by atoms with Crippen LogP contribution in [0.15, 0.2) is 55.4 Å². The van der Waals surface area contributed by atoms with E-state index >= 15 is 0 Å². The van der Waals surface area contributed by atoms with Gasteiger partial charge in [-0.25, -0.2) is 4.98 Å². The number of imidazole rings is 1. The van der Waals surface area contributed by atoms with E-state index in [0.29, 0.717) is 0 Å². The van der Waals surface area contributed by atoms with E-state index in [0.717, 1.165) is 18.2 Å². The average molecular weight is 199 g/mol. The first kappa shape index (κ1) is 9.52. The van der Waals surface area contributed by atoms with Gasteiger partial charge < -0.3 is 9.88 Å². The van der Waals surface area contributed by atoms with Crippen LogP contribution < -0.4 is 4.90 Å². The van der Waals surface area contributed by atoms with Gasteiger partial charge in [0, 0.05) is 24.6 Å². The van der Waals surface area contributed by atoms with Crippen LogP contribution in [0.5, 0.6) is 0 Å². The number of aromatic nitrogens is 2. The van der Waals surface area contributed by atoms with E-state index < -0.39 is 0 Å². The first-order valence-corrected chi connectivity index (χ1v) is 4.84. The van der Waals surface area contributed by atoms with Gasteiger partial charge in [-0.3, -0.25) is 0 Å². The third-order valence-corrected chi connectivity index (χ3v) is 2.12. The molecule has 2 aromatic rings. The standard InChI is InChI=1S/C12H13N3/c1-2-10-15(12-13-8-9-14-12)11-6-4-3-5-7-11/h2-9H,1,10H2,(H,13,14). The minimum absolute atomic E-state index is 0.734. The normalized spacial score (nSPS) is 9.87. The van der Waals surface area contributed by atoms with Crippen LogP contribution in [0, 0.1) is 0 Å². The first-order valence-electron chi connectivity index (χ1n) is 4.84. The Labute approximate surface area is 89.1 Å². The number of benzene rings is 1. The number of anilines is 2. The molecule has 0 fully saturated rings. The second-order valence-corrected chi connectivity index (χ2v) is 3.15. The minimum Gasteiger partial charge on any atom is -0.331 e. The lowest BCUT2D eigenvalue weighted by atomic mass is 10.3. The first-order chi connectivity index (χ1) is 7.42. The van der Waals surface area contributed by atoms with Crippen LogP contribution >= 0.6 is 0 Å². The molecule has 0 atom stereocenters. The van der Waals surface area contributed by atoms with Gasteiger partial charge in [-0.05, 0) is 12.1 Å². The molecule has 0 radical (unpaired) electrons. The molecule has 1 aromatic carbocycles. The van der Waals surface area contributed by atoms with Gasteiger partial charge in [-0.15, -0.1) is 6.58 Å². The van der Waals surface area contributed by atoms with Gasteiger partial charge in [-0.2, -0.15) is 0 Å². The Hall–Kier alpha value is -2.03. The summed E-state index contributed by atoms with van der Waals surface area (Å²) in [6.45, 7) is 4.49. The summed E-state index contributed by atoms with van der Waals surface area (Å²) in [5.41, 5.74) is 1.10. The van der Waals surface area contributed by atoms with Crippen molar-refractivity contribution in [2.45, 2.75) is 0 Å². The lowest BCUT2D eigenvalue weighted by Crippen LogP contribution is -2.17. The molecule has 0 spiro atoms. The third-order valence-electron chi connectivity index (χ3n) is 2.12. The van der Waals surface area contributed by atoms with E-state index in [9.17, 15) is 0 Å². The van der Waals surface area contributed by atoms with Gasteiger partial charge in [0.05, 0.1) is 0 Å². The molecule has 76 valence electrons. The summed E-state index contributed by atoms with van der Waals surface area (Å²) in [5, 5.41) is 0. The Morgan fingerprint density at radius 2 is 2.13 bits per heavy atom. The molecule has 0 unspecified atom stereocenters. The molecule has 0 aliphatic rings. The maximum absolute atomic E-state index is 4.23. The summed E-state index contributed by atoms with van der Waals surface area (Å²) in [6, 6.07) is 10.1. The van der Waals surface area contributed by atoms with Crippen molar-refractivity contribution in [1.29, 1.82) is 0 Å². The van der Waals surface area contributed by atoms with E-state index in [4.69, 9.17) is 0 Å². The maximum atomic E-state index is 4.23. The number of aromatic amines is 1. The summed E-state index contributed by atoms with van der Waals surface area (Å²) in [4.78, 5) is 9.38. The van der Waals surface area contributed by atoms with E-state index in [1.54, 1.807) is 6.20 Å². The molecule has 0 saturated carbocycles. The molecule has 2 rings (SSSR count). The largest absolute Gasteiger partial charge is 0.331 e. The molecular weight excluding hydrogens is 186 g/mol. The summed E-state index contributed by atoms with van der Waals surface area (Å²) in [5.74, 6) is 0.834. The lowest BCUT2D eigenvalue weighted by Gasteiger charge is -2.19. The van der Waals surface area contributed by atoms with E-state index in [2.05, 4.69) is 21.4 Å². The molecular formula is C12H13N3. The molecule has 0 bridgehead atoms. The van der Waals surface area contributed by atoms with Crippen molar-refractivity contribution in [3.05, 3.63) is 55.4 Å². The third kappa shape index (κ3) is 2.07. The van der Waals surface area contributed by atoms with Crippen LogP contribution in [0.4, 0.5) is 11.6 Å². The Morgan fingerprint density at radius 3 is 2.73 bits per heavy atom. The zero-order valence-corrected chi connectivity index (χ0v) is 8.43. The van der Waals surface area contributed by atoms with Gasteiger partial charge in [0.1, 0.15) is 0 Å². The number of nitrogens with zero attached hydrogens (tertiary/aromatic N) is 2. The monoisotopic (exact) mass is 199 g/mol. The van der Waals surface area contributed by atoms with Crippen LogP contribution in [-0.2, 0) is 0 Å². The van der Waals surface area contributed by atoms with Gasteiger partial charge in [0.15, 0.2) is 0 Å². The van der Waals surface area contributed by atoms with Crippen LogP contribution in [0.3, 0.4) is 0 Å². The van der Waals surface area contributed by atoms with Crippen molar-refractivity contribution in [3.63, 3.8) is 0 Å². The smallest absolute Gasteiger partial charge is 0.207 e. The molecule has 0 amide bonds. The number of rotatable bonds is 4. The fourth-order valence-electron chi connectivity index (χ4n) is 1.46. The molecule has 15 heavy (non-hydrogen) atoms. The maximum Gasteiger partial charge on any atom is 0.207 e. The lowest BCUT2D eigenvalue weighted by molar-refractivity contribution is 1.02. The predicted molar refractivity (Wildman–Crippen MR) is 62.2 cm³/mol. The molecule has 1 N–H and O–H groups in total. The molecule has 3 heteroatoms. The zero-order chi connectivity index (χ0) is 10.5. The highest BCUT2D eigenvalue weighted by molar-refractivity contribution is 5.57. The van der Waals surface area contributed by atoms with Crippen molar-refractivity contribution in [1.82, 2.24) is 9.97 Å². The molecule has 1 heterocycles. The van der Waals surface area contributed by atoms with Crippen LogP contribution in [-0.4, -0.2) is 16.5 Å². The fourth-order valence-corrected chi connectivity index (χ4v) is 1.46. The highest BCUT2D eigenvalue weighted by Crippen LogP contribution is 2.20. The average Bonchev–Trinajstić information content (AvgIpc) is 2.80. The van der Waals surface area contributed by atoms with Gasteiger partial charge in [0.2, 0.25) is 5.95 Å². The summed E-state index contributed by atoms with van der Waals surface area (Å²) < 4.78 is 0. The second-order valence-electron chi connectivity index (χ2n) is 3.15. The Balaban J connectivity index is 2.32. The Bertz CT molecular complexity index is 406. The van der Waals surface area contributed by atoms with Crippen molar-refractivity contribution in [3.8, 4) is 0 Å². The van der Waals surface area contributed by atoms with Crippen molar-refractivity contribution < 1.29 is 0 Å². The highest BCUT2D eigenvalue weighted by atomic mass is 15.3. The SMILES string of the molecule is C=CCN(c1ccccc1)c1ncc[nH]1. The van der Waals surface area contributed by atoms with Crippen LogP contribution in [0.25, 0.3) is 0 Å². The van der Waals surface area contributed by atoms with E-state index in [1.165, 1.54) is 0 Å². The van der Waals surface area contributed by atoms with Gasteiger partial charge in [-0.1, -0.05) is 24.3 Å². The number of hydrogen-bond acceptors (Lipinski definition) is 2. The second kappa shape index (κ2) is 4.46. The van der Waals surface area contributed by atoms with Crippen molar-refractivity contribution in [2.24, 2.45) is 0 Å². The summed E-state index contributed by atoms with van der Waals surface area (Å²) in [6.07, 6.45) is 5.41. The quantitative estimate of drug-likeness (QED) is 0.768. The van der Waals surface area contributed by atoms with Crippen LogP contribution in [0.1, 0.15) is 0 Å². The number of H-pyrrole nitrogens is 1. The molecule has 3 nitrogen and oxygen atoms in total. The molecule has 1 aromatic heterocycles. The van der Waals surface area contributed by atoms with Crippen LogP contribution in [0.2, 0.25) is 0 Å². The van der Waals surface area contributed by atoms with Crippen molar-refractivity contribution in [2.75, 3.05) is 11.4 Å². The van der Waals surface area contributed by atoms with Crippen molar-refractivity contribution >= 4 is 11.6 Å². The minimum atomic E-state index is 0.734. The van der Waals surface area contributed by atoms with Gasteiger partial charge in [0.25, 0.3) is 0 Å². The Morgan fingerprint density at radius 1 is 1.33 bits per heavy atom. The van der Waals surface area contributed by atoms with E-state index in [1.807, 2.05) is 42.6 Å². The predicted octanol–water partition coefficient (Wildman–Crippen LogP) is 2.73. The van der Waals surface area contributed by atoms with Gasteiger partial charge >= 0.3 is 0 Å². The molecule has 0 saturated heterocycles. The number of hydrogen-bond donors (Lipinski definition) is 1. The Kier molecular flexibility index (Phi) is 2.83. The summed E-state index contributed by atoms with van der Waals surface area (Å²) in [7, 11) is 0. The summed E-state index contributed by atoms with van der Waals surface area (Å²) >= 11 is 0. The van der Waals surface area contributed by atoms with E-state index in [-0.39, 0.29) is 0 Å².